The van der Waals surface area contributed by atoms with E-state index in [0.717, 1.165) is 0 Å². The van der Waals surface area contributed by atoms with Gasteiger partial charge in [-0.1, -0.05) is 0 Å². The molecule has 0 spiro atoms. The van der Waals surface area contributed by atoms with Gasteiger partial charge in [-0.2, -0.15) is 0 Å². The highest BCUT2D eigenvalue weighted by Crippen LogP contribution is 2.01. The van der Waals surface area contributed by atoms with Crippen molar-refractivity contribution in [3.63, 3.8) is 0 Å². The van der Waals surface area contributed by atoms with Crippen LogP contribution in [0.4, 0.5) is 8.78 Å². The minimum atomic E-state index is -1.16. The second kappa shape index (κ2) is 12.3. The molecule has 0 saturated heterocycles. The van der Waals surface area contributed by atoms with E-state index >= 15 is 0 Å². The largest absolute Gasteiger partial charge is 0.368 e. The first-order valence-electron chi connectivity index (χ1n) is 7.14. The molecular formula is C13H22F2N4O4. The summed E-state index contributed by atoms with van der Waals surface area (Å²) in [5, 5.41) is 6.92. The highest BCUT2D eigenvalue weighted by molar-refractivity contribution is 5.86. The number of primary amides is 1. The Labute approximate surface area is 132 Å². The lowest BCUT2D eigenvalue weighted by atomic mass is 10.1. The SMILES string of the molecule is NC(=O)C(CCCCNC(=O)CF)NC(=O)CCNC(=O)CF. The molecule has 0 fully saturated rings. The average Bonchev–Trinajstić information content (AvgIpc) is 2.52. The molecule has 0 aromatic heterocycles. The second-order valence-corrected chi connectivity index (χ2v) is 4.74. The highest BCUT2D eigenvalue weighted by atomic mass is 19.1. The van der Waals surface area contributed by atoms with Gasteiger partial charge < -0.3 is 21.7 Å². The molecule has 0 radical (unpaired) electrons. The van der Waals surface area contributed by atoms with Crippen molar-refractivity contribution in [2.24, 2.45) is 5.73 Å². The lowest BCUT2D eigenvalue weighted by molar-refractivity contribution is -0.127. The van der Waals surface area contributed by atoms with Gasteiger partial charge in [0.05, 0.1) is 0 Å². The van der Waals surface area contributed by atoms with Crippen LogP contribution in [0.2, 0.25) is 0 Å². The Balaban J connectivity index is 3.97. The monoisotopic (exact) mass is 336 g/mol. The van der Waals surface area contributed by atoms with Gasteiger partial charge in [0.2, 0.25) is 11.8 Å². The predicted molar refractivity (Wildman–Crippen MR) is 77.6 cm³/mol. The van der Waals surface area contributed by atoms with Gasteiger partial charge in [-0.25, -0.2) is 8.78 Å². The van der Waals surface area contributed by atoms with Crippen molar-refractivity contribution >= 4 is 23.6 Å². The van der Waals surface area contributed by atoms with Crippen molar-refractivity contribution in [1.29, 1.82) is 0 Å². The lowest BCUT2D eigenvalue weighted by Gasteiger charge is -2.15. The third-order valence-electron chi connectivity index (χ3n) is 2.84. The van der Waals surface area contributed by atoms with E-state index in [-0.39, 0.29) is 25.9 Å². The van der Waals surface area contributed by atoms with Gasteiger partial charge >= 0.3 is 0 Å². The lowest BCUT2D eigenvalue weighted by Crippen LogP contribution is -2.45. The summed E-state index contributed by atoms with van der Waals surface area (Å²) < 4.78 is 23.8. The van der Waals surface area contributed by atoms with E-state index in [2.05, 4.69) is 16.0 Å². The van der Waals surface area contributed by atoms with Crippen molar-refractivity contribution in [2.75, 3.05) is 26.4 Å². The fourth-order valence-corrected chi connectivity index (χ4v) is 1.66. The van der Waals surface area contributed by atoms with Crippen molar-refractivity contribution < 1.29 is 28.0 Å². The third-order valence-corrected chi connectivity index (χ3v) is 2.84. The van der Waals surface area contributed by atoms with E-state index in [4.69, 9.17) is 5.73 Å². The Morgan fingerprint density at radius 3 is 1.96 bits per heavy atom. The first-order valence-corrected chi connectivity index (χ1v) is 7.14. The van der Waals surface area contributed by atoms with Crippen LogP contribution in [0.1, 0.15) is 25.7 Å². The third kappa shape index (κ3) is 11.0. The van der Waals surface area contributed by atoms with E-state index in [1.54, 1.807) is 0 Å². The Kier molecular flexibility index (Phi) is 11.1. The number of nitrogens with two attached hydrogens (primary N) is 1. The van der Waals surface area contributed by atoms with E-state index in [1.807, 2.05) is 0 Å². The van der Waals surface area contributed by atoms with Crippen LogP contribution in [-0.4, -0.2) is 56.1 Å². The maximum Gasteiger partial charge on any atom is 0.251 e. The molecule has 0 aromatic carbocycles. The number of carbonyl (C=O) groups is 4. The smallest absolute Gasteiger partial charge is 0.251 e. The van der Waals surface area contributed by atoms with Crippen LogP contribution in [0.25, 0.3) is 0 Å². The molecule has 8 nitrogen and oxygen atoms in total. The summed E-state index contributed by atoms with van der Waals surface area (Å²) in [6, 6.07) is -0.878. The van der Waals surface area contributed by atoms with Gasteiger partial charge in [0.25, 0.3) is 11.8 Å². The van der Waals surface area contributed by atoms with Crippen LogP contribution >= 0.6 is 0 Å². The van der Waals surface area contributed by atoms with Gasteiger partial charge in [0, 0.05) is 19.5 Å². The topological polar surface area (TPSA) is 130 Å². The second-order valence-electron chi connectivity index (χ2n) is 4.74. The minimum absolute atomic E-state index is 0.0463. The maximum absolute atomic E-state index is 11.9. The van der Waals surface area contributed by atoms with Gasteiger partial charge in [0.1, 0.15) is 6.04 Å². The van der Waals surface area contributed by atoms with Crippen molar-refractivity contribution in [3.8, 4) is 0 Å². The number of amides is 4. The number of hydrogen-bond donors (Lipinski definition) is 4. The standard InChI is InChI=1S/C13H22F2N4O4/c14-7-11(21)17-5-2-1-3-9(13(16)23)19-10(20)4-6-18-12(22)8-15/h9H,1-8H2,(H2,16,23)(H,17,21)(H,18,22)(H,19,20). The number of unbranched alkanes of at least 4 members (excludes halogenated alkanes) is 1. The fraction of sp³-hybridized carbons (Fsp3) is 0.692. The summed E-state index contributed by atoms with van der Waals surface area (Å²) in [6.45, 7) is -2.03. The molecule has 0 bridgehead atoms. The minimum Gasteiger partial charge on any atom is -0.368 e. The molecule has 0 aliphatic carbocycles. The zero-order valence-corrected chi connectivity index (χ0v) is 12.7. The molecule has 0 aliphatic rings. The summed E-state index contributed by atoms with van der Waals surface area (Å²) in [5.41, 5.74) is 5.18. The predicted octanol–water partition coefficient (Wildman–Crippen LogP) is -1.31. The quantitative estimate of drug-likeness (QED) is 0.330. The summed E-state index contributed by atoms with van der Waals surface area (Å²) in [6.07, 6.45) is 1.14. The Morgan fingerprint density at radius 1 is 0.870 bits per heavy atom. The molecule has 0 aliphatic heterocycles. The van der Waals surface area contributed by atoms with E-state index in [9.17, 15) is 28.0 Å². The maximum atomic E-state index is 11.9. The van der Waals surface area contributed by atoms with E-state index in [1.165, 1.54) is 0 Å². The summed E-state index contributed by atoms with van der Waals surface area (Å²) >= 11 is 0. The highest BCUT2D eigenvalue weighted by Gasteiger charge is 2.17. The van der Waals surface area contributed by atoms with Crippen molar-refractivity contribution in [2.45, 2.75) is 31.7 Å². The number of alkyl halides is 2. The molecule has 0 heterocycles. The summed E-state index contributed by atoms with van der Waals surface area (Å²) in [7, 11) is 0. The number of carbonyl (C=O) groups excluding carboxylic acids is 4. The van der Waals surface area contributed by atoms with Gasteiger partial charge in [-0.15, -0.1) is 0 Å². The first-order chi connectivity index (χ1) is 10.9. The molecule has 4 amide bonds. The van der Waals surface area contributed by atoms with Gasteiger partial charge in [0.15, 0.2) is 13.3 Å². The number of rotatable bonds is 12. The van der Waals surface area contributed by atoms with Crippen LogP contribution in [0.5, 0.6) is 0 Å². The fourth-order valence-electron chi connectivity index (χ4n) is 1.66. The van der Waals surface area contributed by atoms with Crippen LogP contribution in [0, 0.1) is 0 Å². The Hall–Kier alpha value is -2.26. The summed E-state index contributed by atoms with van der Waals surface area (Å²) in [5.74, 6) is -2.74. The van der Waals surface area contributed by atoms with Crippen LogP contribution in [-0.2, 0) is 19.2 Å². The molecule has 0 aromatic rings. The molecule has 1 atom stereocenters. The first kappa shape index (κ1) is 20.7. The molecular weight excluding hydrogens is 314 g/mol. The van der Waals surface area contributed by atoms with Crippen LogP contribution < -0.4 is 21.7 Å². The van der Waals surface area contributed by atoms with Crippen LogP contribution in [0.3, 0.4) is 0 Å². The Bertz CT molecular complexity index is 421. The molecule has 10 heteroatoms. The van der Waals surface area contributed by atoms with E-state index in [0.29, 0.717) is 12.8 Å². The molecule has 132 valence electrons. The molecule has 0 saturated carbocycles. The van der Waals surface area contributed by atoms with Crippen molar-refractivity contribution in [3.05, 3.63) is 0 Å². The average molecular weight is 336 g/mol. The van der Waals surface area contributed by atoms with Crippen LogP contribution in [0.15, 0.2) is 0 Å². The molecule has 23 heavy (non-hydrogen) atoms. The molecule has 1 unspecified atom stereocenters. The zero-order chi connectivity index (χ0) is 17.7. The van der Waals surface area contributed by atoms with Gasteiger partial charge in [-0.3, -0.25) is 19.2 Å². The normalized spacial score (nSPS) is 11.4. The number of nitrogens with one attached hydrogen (secondary N) is 3. The zero-order valence-electron chi connectivity index (χ0n) is 12.7. The Morgan fingerprint density at radius 2 is 1.43 bits per heavy atom. The van der Waals surface area contributed by atoms with Crippen molar-refractivity contribution in [1.82, 2.24) is 16.0 Å². The number of halogens is 2. The summed E-state index contributed by atoms with van der Waals surface area (Å²) in [4.78, 5) is 44.1. The molecule has 5 N–H and O–H groups in total. The van der Waals surface area contributed by atoms with E-state index < -0.39 is 43.0 Å². The molecule has 0 rings (SSSR count). The van der Waals surface area contributed by atoms with Gasteiger partial charge in [-0.05, 0) is 19.3 Å². The number of hydrogen-bond acceptors (Lipinski definition) is 4.